The van der Waals surface area contributed by atoms with Crippen molar-refractivity contribution in [3.05, 3.63) is 58.6 Å². The van der Waals surface area contributed by atoms with Gasteiger partial charge in [-0.05, 0) is 53.5 Å². The van der Waals surface area contributed by atoms with E-state index in [0.29, 0.717) is 6.04 Å². The number of para-hydroxylation sites is 2. The van der Waals surface area contributed by atoms with E-state index in [1.54, 1.807) is 0 Å². The van der Waals surface area contributed by atoms with Crippen LogP contribution >= 0.6 is 15.9 Å². The number of nitrogens with one attached hydrogen (secondary N) is 1. The quantitative estimate of drug-likeness (QED) is 0.694. The molecule has 0 amide bonds. The molecule has 2 nitrogen and oxygen atoms in total. The molecular formula is C18H22BrNO. The van der Waals surface area contributed by atoms with Crippen LogP contribution in [0.25, 0.3) is 0 Å². The van der Waals surface area contributed by atoms with Crippen LogP contribution in [0, 0.1) is 0 Å². The third kappa shape index (κ3) is 4.32. The minimum absolute atomic E-state index is 0.323. The Morgan fingerprint density at radius 2 is 1.67 bits per heavy atom. The molecule has 1 N–H and O–H groups in total. The Morgan fingerprint density at radius 1 is 1.00 bits per heavy atom. The van der Waals surface area contributed by atoms with E-state index in [0.717, 1.165) is 35.4 Å². The van der Waals surface area contributed by atoms with Crippen molar-refractivity contribution in [2.24, 2.45) is 0 Å². The second-order valence-electron chi connectivity index (χ2n) is 4.99. The molecule has 0 bridgehead atoms. The van der Waals surface area contributed by atoms with Crippen LogP contribution < -0.4 is 10.1 Å². The van der Waals surface area contributed by atoms with Crippen molar-refractivity contribution in [2.75, 3.05) is 6.54 Å². The van der Waals surface area contributed by atoms with Gasteiger partial charge >= 0.3 is 0 Å². The summed E-state index contributed by atoms with van der Waals surface area (Å²) in [7, 11) is 0. The molecule has 1 unspecified atom stereocenters. The first-order chi connectivity index (χ1) is 10.3. The van der Waals surface area contributed by atoms with Gasteiger partial charge in [-0.2, -0.15) is 0 Å². The number of hydrogen-bond donors (Lipinski definition) is 1. The molecule has 0 aliphatic rings. The molecule has 1 atom stereocenters. The van der Waals surface area contributed by atoms with Gasteiger partial charge in [-0.3, -0.25) is 0 Å². The zero-order chi connectivity index (χ0) is 15.1. The molecule has 0 spiro atoms. The molecule has 0 radical (unpaired) electrons. The lowest BCUT2D eigenvalue weighted by Gasteiger charge is -2.20. The second-order valence-corrected chi connectivity index (χ2v) is 5.84. The van der Waals surface area contributed by atoms with Crippen molar-refractivity contribution in [3.8, 4) is 11.5 Å². The van der Waals surface area contributed by atoms with E-state index in [9.17, 15) is 0 Å². The van der Waals surface area contributed by atoms with E-state index in [4.69, 9.17) is 4.74 Å². The molecule has 0 fully saturated rings. The Bertz CT molecular complexity index is 571. The summed E-state index contributed by atoms with van der Waals surface area (Å²) in [6.07, 6.45) is 2.17. The summed E-state index contributed by atoms with van der Waals surface area (Å²) in [5.41, 5.74) is 1.21. The summed E-state index contributed by atoms with van der Waals surface area (Å²) in [4.78, 5) is 0. The summed E-state index contributed by atoms with van der Waals surface area (Å²) in [6.45, 7) is 5.40. The third-order valence-electron chi connectivity index (χ3n) is 3.40. The number of halogens is 1. The van der Waals surface area contributed by atoms with Gasteiger partial charge in [0.15, 0.2) is 0 Å². The van der Waals surface area contributed by atoms with E-state index >= 15 is 0 Å². The Morgan fingerprint density at radius 3 is 2.33 bits per heavy atom. The highest BCUT2D eigenvalue weighted by Gasteiger charge is 2.14. The van der Waals surface area contributed by atoms with Crippen molar-refractivity contribution in [1.82, 2.24) is 5.32 Å². The predicted octanol–water partition coefficient (Wildman–Crippen LogP) is 5.69. The van der Waals surface area contributed by atoms with Gasteiger partial charge in [-0.25, -0.2) is 0 Å². The molecule has 0 aromatic heterocycles. The molecule has 2 aromatic carbocycles. The first-order valence-corrected chi connectivity index (χ1v) is 8.30. The Kier molecular flexibility index (Phi) is 6.27. The fraction of sp³-hybridized carbons (Fsp3) is 0.333. The smallest absolute Gasteiger partial charge is 0.141 e. The lowest BCUT2D eigenvalue weighted by atomic mass is 10.0. The van der Waals surface area contributed by atoms with E-state index < -0.39 is 0 Å². The highest BCUT2D eigenvalue weighted by Crippen LogP contribution is 2.34. The van der Waals surface area contributed by atoms with Crippen molar-refractivity contribution >= 4 is 15.9 Å². The summed E-state index contributed by atoms with van der Waals surface area (Å²) in [5, 5.41) is 3.58. The largest absolute Gasteiger partial charge is 0.456 e. The number of hydrogen-bond acceptors (Lipinski definition) is 2. The maximum Gasteiger partial charge on any atom is 0.141 e. The maximum atomic E-state index is 6.12. The van der Waals surface area contributed by atoms with Gasteiger partial charge in [-0.15, -0.1) is 0 Å². The second kappa shape index (κ2) is 8.20. The zero-order valence-electron chi connectivity index (χ0n) is 12.6. The highest BCUT2D eigenvalue weighted by molar-refractivity contribution is 9.10. The summed E-state index contributed by atoms with van der Waals surface area (Å²) >= 11 is 3.53. The lowest BCUT2D eigenvalue weighted by molar-refractivity contribution is 0.447. The van der Waals surface area contributed by atoms with Crippen LogP contribution in [0.3, 0.4) is 0 Å². The normalized spacial score (nSPS) is 12.1. The molecule has 0 heterocycles. The topological polar surface area (TPSA) is 21.3 Å². The summed E-state index contributed by atoms with van der Waals surface area (Å²) < 4.78 is 7.08. The van der Waals surface area contributed by atoms with Crippen LogP contribution in [0.5, 0.6) is 11.5 Å². The van der Waals surface area contributed by atoms with Gasteiger partial charge in [0.25, 0.3) is 0 Å². The summed E-state index contributed by atoms with van der Waals surface area (Å²) in [6, 6.07) is 16.5. The molecule has 0 aliphatic carbocycles. The SMILES string of the molecule is CCCNC(CC)c1ccccc1Oc1ccccc1Br. The average molecular weight is 348 g/mol. The van der Waals surface area contributed by atoms with Crippen LogP contribution in [0.15, 0.2) is 53.0 Å². The molecule has 21 heavy (non-hydrogen) atoms. The minimum atomic E-state index is 0.323. The first kappa shape index (κ1) is 16.1. The molecule has 2 aromatic rings. The van der Waals surface area contributed by atoms with Gasteiger partial charge in [0, 0.05) is 11.6 Å². The average Bonchev–Trinajstić information content (AvgIpc) is 2.52. The van der Waals surface area contributed by atoms with Crippen LogP contribution in [0.2, 0.25) is 0 Å². The predicted molar refractivity (Wildman–Crippen MR) is 92.0 cm³/mol. The molecule has 0 aliphatic heterocycles. The lowest BCUT2D eigenvalue weighted by Crippen LogP contribution is -2.21. The number of benzene rings is 2. The highest BCUT2D eigenvalue weighted by atomic mass is 79.9. The summed E-state index contributed by atoms with van der Waals surface area (Å²) in [5.74, 6) is 1.76. The van der Waals surface area contributed by atoms with Crippen molar-refractivity contribution in [3.63, 3.8) is 0 Å². The van der Waals surface area contributed by atoms with E-state index in [1.165, 1.54) is 5.56 Å². The van der Waals surface area contributed by atoms with Gasteiger partial charge in [-0.1, -0.05) is 44.2 Å². The Balaban J connectivity index is 2.26. The molecular weight excluding hydrogens is 326 g/mol. The Hall–Kier alpha value is -1.32. The van der Waals surface area contributed by atoms with Gasteiger partial charge < -0.3 is 10.1 Å². The molecule has 112 valence electrons. The van der Waals surface area contributed by atoms with Crippen LogP contribution in [0.1, 0.15) is 38.3 Å². The number of rotatable bonds is 7. The first-order valence-electron chi connectivity index (χ1n) is 7.51. The van der Waals surface area contributed by atoms with Crippen LogP contribution in [-0.2, 0) is 0 Å². The fourth-order valence-electron chi connectivity index (χ4n) is 2.30. The van der Waals surface area contributed by atoms with Crippen LogP contribution in [-0.4, -0.2) is 6.54 Å². The third-order valence-corrected chi connectivity index (χ3v) is 4.06. The van der Waals surface area contributed by atoms with Crippen molar-refractivity contribution in [2.45, 2.75) is 32.7 Å². The zero-order valence-corrected chi connectivity index (χ0v) is 14.2. The molecule has 3 heteroatoms. The Labute approximate surface area is 135 Å². The minimum Gasteiger partial charge on any atom is -0.456 e. The molecule has 0 saturated heterocycles. The van der Waals surface area contributed by atoms with Gasteiger partial charge in [0.1, 0.15) is 11.5 Å². The standard InChI is InChI=1S/C18H22BrNO/c1-3-13-20-16(4-2)14-9-5-7-11-17(14)21-18-12-8-6-10-15(18)19/h5-12,16,20H,3-4,13H2,1-2H3. The van der Waals surface area contributed by atoms with Crippen molar-refractivity contribution < 1.29 is 4.74 Å². The van der Waals surface area contributed by atoms with Gasteiger partial charge in [0.05, 0.1) is 4.47 Å². The van der Waals surface area contributed by atoms with Gasteiger partial charge in [0.2, 0.25) is 0 Å². The van der Waals surface area contributed by atoms with E-state index in [1.807, 2.05) is 36.4 Å². The van der Waals surface area contributed by atoms with Crippen molar-refractivity contribution in [1.29, 1.82) is 0 Å². The van der Waals surface area contributed by atoms with Crippen LogP contribution in [0.4, 0.5) is 0 Å². The molecule has 2 rings (SSSR count). The maximum absolute atomic E-state index is 6.12. The molecule has 0 saturated carbocycles. The monoisotopic (exact) mass is 347 g/mol. The fourth-order valence-corrected chi connectivity index (χ4v) is 2.67. The van der Waals surface area contributed by atoms with E-state index in [2.05, 4.69) is 47.2 Å². The van der Waals surface area contributed by atoms with E-state index in [-0.39, 0.29) is 0 Å². The number of ether oxygens (including phenoxy) is 1.